The zero-order chi connectivity index (χ0) is 15.0. The molecule has 0 amide bonds. The molecule has 7 heteroatoms. The van der Waals surface area contributed by atoms with Gasteiger partial charge in [-0.25, -0.2) is 4.72 Å². The number of hydrogen-bond donors (Lipinski definition) is 2. The molecule has 1 rings (SSSR count). The molecule has 1 aliphatic heterocycles. The summed E-state index contributed by atoms with van der Waals surface area (Å²) >= 11 is 0. The highest BCUT2D eigenvalue weighted by atomic mass is 32.2. The van der Waals surface area contributed by atoms with Crippen LogP contribution in [0.1, 0.15) is 26.2 Å². The van der Waals surface area contributed by atoms with Crippen LogP contribution < -0.4 is 10.0 Å². The summed E-state index contributed by atoms with van der Waals surface area (Å²) in [4.78, 5) is 1.97. The van der Waals surface area contributed by atoms with Crippen molar-refractivity contribution < 1.29 is 8.42 Å². The molecule has 20 heavy (non-hydrogen) atoms. The van der Waals surface area contributed by atoms with Crippen molar-refractivity contribution in [2.75, 3.05) is 53.4 Å². The van der Waals surface area contributed by atoms with Crippen LogP contribution in [0.4, 0.5) is 0 Å². The summed E-state index contributed by atoms with van der Waals surface area (Å²) in [7, 11) is 0.576. The SMILES string of the molecule is CCCNCC1CCN(S(=O)(=O)NCCN(C)C)CC1. The van der Waals surface area contributed by atoms with Crippen LogP contribution in [0, 0.1) is 5.92 Å². The lowest BCUT2D eigenvalue weighted by molar-refractivity contribution is 0.265. The van der Waals surface area contributed by atoms with Crippen molar-refractivity contribution in [3.05, 3.63) is 0 Å². The summed E-state index contributed by atoms with van der Waals surface area (Å²) in [5, 5.41) is 3.42. The zero-order valence-corrected chi connectivity index (χ0v) is 13.9. The molecular formula is C13H30N4O2S. The fourth-order valence-electron chi connectivity index (χ4n) is 2.33. The highest BCUT2D eigenvalue weighted by molar-refractivity contribution is 7.87. The van der Waals surface area contributed by atoms with Crippen LogP contribution in [0.25, 0.3) is 0 Å². The van der Waals surface area contributed by atoms with Gasteiger partial charge in [-0.1, -0.05) is 6.92 Å². The summed E-state index contributed by atoms with van der Waals surface area (Å²) in [6.07, 6.45) is 3.04. The van der Waals surface area contributed by atoms with E-state index in [1.165, 1.54) is 0 Å². The molecule has 6 nitrogen and oxygen atoms in total. The molecule has 1 saturated heterocycles. The maximum absolute atomic E-state index is 12.1. The van der Waals surface area contributed by atoms with Gasteiger partial charge in [0.05, 0.1) is 0 Å². The van der Waals surface area contributed by atoms with Gasteiger partial charge in [-0.3, -0.25) is 0 Å². The second kappa shape index (κ2) is 8.94. The Morgan fingerprint density at radius 3 is 2.40 bits per heavy atom. The average Bonchev–Trinajstić information content (AvgIpc) is 2.39. The fraction of sp³-hybridized carbons (Fsp3) is 1.00. The van der Waals surface area contributed by atoms with Gasteiger partial charge in [0.2, 0.25) is 0 Å². The van der Waals surface area contributed by atoms with E-state index in [0.29, 0.717) is 25.6 Å². The normalized spacial score (nSPS) is 18.8. The number of likely N-dealkylation sites (N-methyl/N-ethyl adjacent to an activating group) is 1. The van der Waals surface area contributed by atoms with E-state index < -0.39 is 10.2 Å². The van der Waals surface area contributed by atoms with Crippen LogP contribution in [0.15, 0.2) is 0 Å². The van der Waals surface area contributed by atoms with Crippen molar-refractivity contribution in [3.8, 4) is 0 Å². The number of rotatable bonds is 9. The maximum atomic E-state index is 12.1. The largest absolute Gasteiger partial charge is 0.316 e. The van der Waals surface area contributed by atoms with Crippen LogP contribution in [0.5, 0.6) is 0 Å². The summed E-state index contributed by atoms with van der Waals surface area (Å²) in [5.41, 5.74) is 0. The molecule has 0 aromatic rings. The number of piperidine rings is 1. The Morgan fingerprint density at radius 1 is 1.20 bits per heavy atom. The van der Waals surface area contributed by atoms with E-state index in [-0.39, 0.29) is 0 Å². The first-order valence-corrected chi connectivity index (χ1v) is 9.00. The summed E-state index contributed by atoms with van der Waals surface area (Å²) in [5.74, 6) is 0.606. The molecule has 2 N–H and O–H groups in total. The molecule has 0 radical (unpaired) electrons. The molecule has 0 unspecified atom stereocenters. The van der Waals surface area contributed by atoms with E-state index in [9.17, 15) is 8.42 Å². The Kier molecular flexibility index (Phi) is 7.98. The molecule has 0 saturated carbocycles. The second-order valence-corrected chi connectivity index (χ2v) is 7.50. The summed E-state index contributed by atoms with van der Waals surface area (Å²) in [6, 6.07) is 0. The quantitative estimate of drug-likeness (QED) is 0.593. The fourth-order valence-corrected chi connectivity index (χ4v) is 3.55. The van der Waals surface area contributed by atoms with Crippen molar-refractivity contribution in [2.24, 2.45) is 5.92 Å². The minimum atomic E-state index is -3.29. The van der Waals surface area contributed by atoms with Crippen LogP contribution >= 0.6 is 0 Å². The number of nitrogens with zero attached hydrogens (tertiary/aromatic N) is 2. The highest BCUT2D eigenvalue weighted by Gasteiger charge is 2.27. The van der Waals surface area contributed by atoms with Gasteiger partial charge in [-0.2, -0.15) is 12.7 Å². The predicted octanol–water partition coefficient (Wildman–Crippen LogP) is 0.0940. The van der Waals surface area contributed by atoms with Gasteiger partial charge >= 0.3 is 0 Å². The van der Waals surface area contributed by atoms with Crippen molar-refractivity contribution in [2.45, 2.75) is 26.2 Å². The molecule has 0 spiro atoms. The van der Waals surface area contributed by atoms with Crippen molar-refractivity contribution in [1.29, 1.82) is 0 Å². The van der Waals surface area contributed by atoms with E-state index in [0.717, 1.165) is 38.9 Å². The van der Waals surface area contributed by atoms with E-state index in [1.54, 1.807) is 4.31 Å². The minimum Gasteiger partial charge on any atom is -0.316 e. The molecule has 1 fully saturated rings. The van der Waals surface area contributed by atoms with Crippen molar-refractivity contribution in [1.82, 2.24) is 19.2 Å². The Labute approximate surface area is 124 Å². The maximum Gasteiger partial charge on any atom is 0.279 e. The third-order valence-electron chi connectivity index (χ3n) is 3.62. The van der Waals surface area contributed by atoms with Gasteiger partial charge in [-0.15, -0.1) is 0 Å². The molecule has 0 aromatic carbocycles. The zero-order valence-electron chi connectivity index (χ0n) is 13.1. The average molecular weight is 306 g/mol. The van der Waals surface area contributed by atoms with E-state index in [2.05, 4.69) is 17.0 Å². The second-order valence-electron chi connectivity index (χ2n) is 5.75. The van der Waals surface area contributed by atoms with E-state index in [1.807, 2.05) is 19.0 Å². The van der Waals surface area contributed by atoms with Crippen LogP contribution in [0.2, 0.25) is 0 Å². The predicted molar refractivity (Wildman–Crippen MR) is 82.9 cm³/mol. The Morgan fingerprint density at radius 2 is 1.85 bits per heavy atom. The monoisotopic (exact) mass is 306 g/mol. The molecular weight excluding hydrogens is 276 g/mol. The van der Waals surface area contributed by atoms with Gasteiger partial charge < -0.3 is 10.2 Å². The third kappa shape index (κ3) is 6.49. The van der Waals surface area contributed by atoms with Crippen LogP contribution in [0.3, 0.4) is 0 Å². The molecule has 0 bridgehead atoms. The standard InChI is InChI=1S/C13H30N4O2S/c1-4-7-14-12-13-5-9-17(10-6-13)20(18,19)15-8-11-16(2)3/h13-15H,4-12H2,1-3H3. The first-order valence-electron chi connectivity index (χ1n) is 7.56. The van der Waals surface area contributed by atoms with Crippen molar-refractivity contribution >= 4 is 10.2 Å². The molecule has 120 valence electrons. The van der Waals surface area contributed by atoms with Gasteiger partial charge in [0.25, 0.3) is 10.2 Å². The topological polar surface area (TPSA) is 64.7 Å². The minimum absolute atomic E-state index is 0.466. The van der Waals surface area contributed by atoms with Gasteiger partial charge in [0.15, 0.2) is 0 Å². The molecule has 0 aliphatic carbocycles. The van der Waals surface area contributed by atoms with Gasteiger partial charge in [0.1, 0.15) is 0 Å². The lowest BCUT2D eigenvalue weighted by Gasteiger charge is -2.31. The van der Waals surface area contributed by atoms with E-state index in [4.69, 9.17) is 0 Å². The molecule has 0 aromatic heterocycles. The van der Waals surface area contributed by atoms with Gasteiger partial charge in [0, 0.05) is 26.2 Å². The van der Waals surface area contributed by atoms with Gasteiger partial charge in [-0.05, 0) is 52.4 Å². The lowest BCUT2D eigenvalue weighted by Crippen LogP contribution is -2.47. The number of nitrogens with one attached hydrogen (secondary N) is 2. The van der Waals surface area contributed by atoms with Crippen LogP contribution in [-0.4, -0.2) is 71.0 Å². The highest BCUT2D eigenvalue weighted by Crippen LogP contribution is 2.18. The Hall–Kier alpha value is -0.210. The summed E-state index contributed by atoms with van der Waals surface area (Å²) < 4.78 is 28.5. The van der Waals surface area contributed by atoms with Crippen molar-refractivity contribution in [3.63, 3.8) is 0 Å². The number of hydrogen-bond acceptors (Lipinski definition) is 4. The Bertz CT molecular complexity index is 351. The third-order valence-corrected chi connectivity index (χ3v) is 5.23. The van der Waals surface area contributed by atoms with E-state index >= 15 is 0 Å². The van der Waals surface area contributed by atoms with Crippen LogP contribution in [-0.2, 0) is 10.2 Å². The first-order chi connectivity index (χ1) is 9.45. The first kappa shape index (κ1) is 17.8. The molecule has 1 aliphatic rings. The Balaban J connectivity index is 2.28. The molecule has 0 atom stereocenters. The molecule has 1 heterocycles. The lowest BCUT2D eigenvalue weighted by atomic mass is 9.98. The summed E-state index contributed by atoms with van der Waals surface area (Å²) in [6.45, 7) is 6.66. The smallest absolute Gasteiger partial charge is 0.279 e.